The molecule has 0 spiro atoms. The third kappa shape index (κ3) is 3.19. The zero-order chi connectivity index (χ0) is 14.8. The fraction of sp³-hybridized carbons (Fsp3) is 0.0769. The maximum absolute atomic E-state index is 12.6. The Morgan fingerprint density at radius 1 is 1.25 bits per heavy atom. The van der Waals surface area contributed by atoms with Gasteiger partial charge in [-0.2, -0.15) is 18.4 Å². The lowest BCUT2D eigenvalue weighted by atomic mass is 10.2. The minimum atomic E-state index is -4.46. The van der Waals surface area contributed by atoms with Crippen LogP contribution in [-0.4, -0.2) is 4.98 Å². The van der Waals surface area contributed by atoms with Crippen molar-refractivity contribution in [1.82, 2.24) is 4.98 Å². The molecule has 0 aliphatic rings. The molecule has 0 saturated carbocycles. The molecule has 0 N–H and O–H groups in total. The van der Waals surface area contributed by atoms with Gasteiger partial charge in [0.2, 0.25) is 0 Å². The lowest BCUT2D eigenvalue weighted by molar-refractivity contribution is -0.137. The van der Waals surface area contributed by atoms with Gasteiger partial charge in [0.05, 0.1) is 17.3 Å². The Balaban J connectivity index is 2.34. The molecule has 102 valence electrons. The molecular formula is C13H6ClF3N2O. The summed E-state index contributed by atoms with van der Waals surface area (Å²) in [4.78, 5) is 3.72. The van der Waals surface area contributed by atoms with Crippen molar-refractivity contribution in [1.29, 1.82) is 5.26 Å². The highest BCUT2D eigenvalue weighted by Crippen LogP contribution is 2.33. The maximum atomic E-state index is 12.6. The van der Waals surface area contributed by atoms with Crippen molar-refractivity contribution >= 4 is 11.6 Å². The second-order valence-electron chi connectivity index (χ2n) is 3.74. The first-order valence-electron chi connectivity index (χ1n) is 5.31. The van der Waals surface area contributed by atoms with Gasteiger partial charge in [-0.3, -0.25) is 0 Å². The largest absolute Gasteiger partial charge is 0.454 e. The fourth-order valence-electron chi connectivity index (χ4n) is 1.45. The third-order valence-corrected chi connectivity index (χ3v) is 2.55. The molecule has 2 aromatic rings. The zero-order valence-electron chi connectivity index (χ0n) is 9.78. The topological polar surface area (TPSA) is 45.9 Å². The van der Waals surface area contributed by atoms with Gasteiger partial charge in [0.25, 0.3) is 0 Å². The highest BCUT2D eigenvalue weighted by molar-refractivity contribution is 6.29. The summed E-state index contributed by atoms with van der Waals surface area (Å²) >= 11 is 5.62. The van der Waals surface area contributed by atoms with Crippen LogP contribution in [0.15, 0.2) is 36.5 Å². The van der Waals surface area contributed by atoms with Gasteiger partial charge in [-0.05, 0) is 24.3 Å². The van der Waals surface area contributed by atoms with E-state index in [9.17, 15) is 13.2 Å². The quantitative estimate of drug-likeness (QED) is 0.771. The summed E-state index contributed by atoms with van der Waals surface area (Å²) in [6, 6.07) is 7.44. The molecular weight excluding hydrogens is 293 g/mol. The summed E-state index contributed by atoms with van der Waals surface area (Å²) < 4.78 is 42.9. The highest BCUT2D eigenvalue weighted by Gasteiger charge is 2.30. The van der Waals surface area contributed by atoms with Crippen LogP contribution in [0.2, 0.25) is 5.15 Å². The number of rotatable bonds is 2. The highest BCUT2D eigenvalue weighted by atomic mass is 35.5. The van der Waals surface area contributed by atoms with E-state index < -0.39 is 11.7 Å². The van der Waals surface area contributed by atoms with Crippen LogP contribution in [0.5, 0.6) is 11.5 Å². The SMILES string of the molecule is N#Cc1cc(Cl)ncc1Oc1cccc(C(F)(F)F)c1. The molecule has 1 aromatic heterocycles. The summed E-state index contributed by atoms with van der Waals surface area (Å²) in [5.74, 6) is -0.00308. The van der Waals surface area contributed by atoms with Crippen LogP contribution in [-0.2, 0) is 6.18 Å². The smallest absolute Gasteiger partial charge is 0.416 e. The molecule has 2 rings (SSSR count). The van der Waals surface area contributed by atoms with E-state index in [0.29, 0.717) is 0 Å². The van der Waals surface area contributed by atoms with Crippen molar-refractivity contribution < 1.29 is 17.9 Å². The first kappa shape index (κ1) is 14.2. The number of halogens is 4. The van der Waals surface area contributed by atoms with E-state index in [4.69, 9.17) is 21.6 Å². The second-order valence-corrected chi connectivity index (χ2v) is 4.13. The van der Waals surface area contributed by atoms with Crippen LogP contribution < -0.4 is 4.74 Å². The summed E-state index contributed by atoms with van der Waals surface area (Å²) in [5, 5.41) is 9.00. The van der Waals surface area contributed by atoms with Crippen molar-refractivity contribution in [2.24, 2.45) is 0 Å². The van der Waals surface area contributed by atoms with E-state index in [0.717, 1.165) is 12.1 Å². The van der Waals surface area contributed by atoms with Crippen molar-refractivity contribution in [3.8, 4) is 17.6 Å². The average molecular weight is 299 g/mol. The fourth-order valence-corrected chi connectivity index (χ4v) is 1.61. The first-order chi connectivity index (χ1) is 9.40. The molecule has 0 fully saturated rings. The molecule has 0 bridgehead atoms. The van der Waals surface area contributed by atoms with Crippen LogP contribution in [0.4, 0.5) is 13.2 Å². The Hall–Kier alpha value is -2.26. The number of hydrogen-bond acceptors (Lipinski definition) is 3. The van der Waals surface area contributed by atoms with Gasteiger partial charge in [-0.25, -0.2) is 4.98 Å². The zero-order valence-corrected chi connectivity index (χ0v) is 10.5. The van der Waals surface area contributed by atoms with Crippen LogP contribution in [0.1, 0.15) is 11.1 Å². The predicted molar refractivity (Wildman–Crippen MR) is 65.5 cm³/mol. The van der Waals surface area contributed by atoms with Gasteiger partial charge in [0.15, 0.2) is 5.75 Å². The van der Waals surface area contributed by atoms with Crippen molar-refractivity contribution in [3.05, 3.63) is 52.8 Å². The van der Waals surface area contributed by atoms with Gasteiger partial charge in [-0.15, -0.1) is 0 Å². The van der Waals surface area contributed by atoms with Gasteiger partial charge >= 0.3 is 6.18 Å². The molecule has 1 aromatic carbocycles. The number of nitrogens with zero attached hydrogens (tertiary/aromatic N) is 2. The molecule has 0 saturated heterocycles. The monoisotopic (exact) mass is 298 g/mol. The predicted octanol–water partition coefficient (Wildman–Crippen LogP) is 4.42. The maximum Gasteiger partial charge on any atom is 0.416 e. The molecule has 0 aliphatic heterocycles. The molecule has 0 atom stereocenters. The van der Waals surface area contributed by atoms with Crippen LogP contribution in [0, 0.1) is 11.3 Å². The number of pyridine rings is 1. The van der Waals surface area contributed by atoms with Crippen molar-refractivity contribution in [2.75, 3.05) is 0 Å². The Kier molecular flexibility index (Phi) is 3.81. The van der Waals surface area contributed by atoms with E-state index in [-0.39, 0.29) is 22.2 Å². The standard InChI is InChI=1S/C13H6ClF3N2O/c14-12-4-8(6-18)11(7-19-12)20-10-3-1-2-9(5-10)13(15,16)17/h1-5,7H. The average Bonchev–Trinajstić information content (AvgIpc) is 2.40. The van der Waals surface area contributed by atoms with Gasteiger partial charge in [0.1, 0.15) is 17.0 Å². The molecule has 0 unspecified atom stereocenters. The van der Waals surface area contributed by atoms with Gasteiger partial charge < -0.3 is 4.74 Å². The molecule has 0 amide bonds. The Morgan fingerprint density at radius 2 is 2.00 bits per heavy atom. The van der Waals surface area contributed by atoms with Crippen LogP contribution in [0.3, 0.4) is 0 Å². The second kappa shape index (κ2) is 5.39. The van der Waals surface area contributed by atoms with Crippen LogP contribution in [0.25, 0.3) is 0 Å². The molecule has 7 heteroatoms. The van der Waals surface area contributed by atoms with Crippen molar-refractivity contribution in [2.45, 2.75) is 6.18 Å². The van der Waals surface area contributed by atoms with E-state index in [1.165, 1.54) is 24.4 Å². The van der Waals surface area contributed by atoms with Gasteiger partial charge in [0, 0.05) is 0 Å². The third-order valence-electron chi connectivity index (χ3n) is 2.34. The number of aromatic nitrogens is 1. The normalized spacial score (nSPS) is 10.9. The first-order valence-corrected chi connectivity index (χ1v) is 5.68. The summed E-state index contributed by atoms with van der Waals surface area (Å²) in [5.41, 5.74) is -0.752. The molecule has 1 heterocycles. The summed E-state index contributed by atoms with van der Waals surface area (Å²) in [7, 11) is 0. The Labute approximate surface area is 117 Å². The Bertz CT molecular complexity index is 680. The van der Waals surface area contributed by atoms with Gasteiger partial charge in [-0.1, -0.05) is 17.7 Å². The number of nitriles is 1. The lowest BCUT2D eigenvalue weighted by Crippen LogP contribution is -2.04. The number of benzene rings is 1. The molecule has 0 aliphatic carbocycles. The minimum absolute atomic E-state index is 0.0382. The van der Waals surface area contributed by atoms with E-state index in [2.05, 4.69) is 4.98 Å². The van der Waals surface area contributed by atoms with Crippen molar-refractivity contribution in [3.63, 3.8) is 0 Å². The summed E-state index contributed by atoms with van der Waals surface area (Å²) in [6.07, 6.45) is -3.28. The number of alkyl halides is 3. The van der Waals surface area contributed by atoms with E-state index in [1.54, 1.807) is 0 Å². The number of ether oxygens (including phenoxy) is 1. The number of hydrogen-bond donors (Lipinski definition) is 0. The molecule has 0 radical (unpaired) electrons. The lowest BCUT2D eigenvalue weighted by Gasteiger charge is -2.10. The molecule has 3 nitrogen and oxygen atoms in total. The Morgan fingerprint density at radius 3 is 2.65 bits per heavy atom. The minimum Gasteiger partial charge on any atom is -0.454 e. The van der Waals surface area contributed by atoms with E-state index in [1.807, 2.05) is 6.07 Å². The summed E-state index contributed by atoms with van der Waals surface area (Å²) in [6.45, 7) is 0. The molecule has 20 heavy (non-hydrogen) atoms. The van der Waals surface area contributed by atoms with Crippen LogP contribution >= 0.6 is 11.6 Å². The van der Waals surface area contributed by atoms with E-state index >= 15 is 0 Å².